The molecule has 0 amide bonds. The van der Waals surface area contributed by atoms with Crippen LogP contribution in [0.4, 0.5) is 0 Å². The molecule has 118 valence electrons. The lowest BCUT2D eigenvalue weighted by Crippen LogP contribution is -2.26. The van der Waals surface area contributed by atoms with Crippen LogP contribution in [0.2, 0.25) is 0 Å². The quantitative estimate of drug-likeness (QED) is 0.626. The third-order valence-corrected chi connectivity index (χ3v) is 3.89. The first kappa shape index (κ1) is 16.3. The lowest BCUT2D eigenvalue weighted by Gasteiger charge is -2.19. The summed E-state index contributed by atoms with van der Waals surface area (Å²) in [6, 6.07) is 8.65. The van der Waals surface area contributed by atoms with Crippen LogP contribution in [-0.4, -0.2) is 26.4 Å². The minimum Gasteiger partial charge on any atom is -0.494 e. The van der Waals surface area contributed by atoms with E-state index in [2.05, 4.69) is 24.4 Å². The molecule has 1 fully saturated rings. The fourth-order valence-electron chi connectivity index (χ4n) is 2.41. The van der Waals surface area contributed by atoms with Crippen LogP contribution in [-0.2, 0) is 4.74 Å². The predicted molar refractivity (Wildman–Crippen MR) is 86.8 cm³/mol. The summed E-state index contributed by atoms with van der Waals surface area (Å²) in [5, 5.41) is 3.58. The standard InChI is InChI=1S/C18H29NO2/c1-3-12-19-18(14-20-13-11-15-5-6-15)16-7-9-17(10-8-16)21-4-2/h7-10,15,18-19H,3-6,11-14H2,1-2H3. The highest BCUT2D eigenvalue weighted by Gasteiger charge is 2.20. The first-order chi connectivity index (χ1) is 10.3. The number of ether oxygens (including phenoxy) is 2. The van der Waals surface area contributed by atoms with Crippen LogP contribution >= 0.6 is 0 Å². The van der Waals surface area contributed by atoms with Gasteiger partial charge in [0, 0.05) is 6.61 Å². The van der Waals surface area contributed by atoms with Crippen molar-refractivity contribution in [1.29, 1.82) is 0 Å². The Morgan fingerprint density at radius 3 is 2.57 bits per heavy atom. The highest BCUT2D eigenvalue weighted by Crippen LogP contribution is 2.32. The largest absolute Gasteiger partial charge is 0.494 e. The lowest BCUT2D eigenvalue weighted by molar-refractivity contribution is 0.106. The normalized spacial score (nSPS) is 15.9. The van der Waals surface area contributed by atoms with Crippen LogP contribution in [0.25, 0.3) is 0 Å². The average Bonchev–Trinajstić information content (AvgIpc) is 3.32. The maximum Gasteiger partial charge on any atom is 0.119 e. The highest BCUT2D eigenvalue weighted by molar-refractivity contribution is 5.29. The number of rotatable bonds is 11. The van der Waals surface area contributed by atoms with Crippen LogP contribution in [0.15, 0.2) is 24.3 Å². The monoisotopic (exact) mass is 291 g/mol. The van der Waals surface area contributed by atoms with E-state index in [9.17, 15) is 0 Å². The third-order valence-electron chi connectivity index (χ3n) is 3.89. The van der Waals surface area contributed by atoms with Gasteiger partial charge in [0.1, 0.15) is 5.75 Å². The van der Waals surface area contributed by atoms with Gasteiger partial charge in [-0.15, -0.1) is 0 Å². The number of hydrogen-bond donors (Lipinski definition) is 1. The minimum atomic E-state index is 0.278. The fourth-order valence-corrected chi connectivity index (χ4v) is 2.41. The Bertz CT molecular complexity index is 387. The predicted octanol–water partition coefficient (Wildman–Crippen LogP) is 3.94. The zero-order chi connectivity index (χ0) is 14.9. The van der Waals surface area contributed by atoms with Crippen molar-refractivity contribution >= 4 is 0 Å². The van der Waals surface area contributed by atoms with Crippen LogP contribution < -0.4 is 10.1 Å². The molecule has 1 aromatic carbocycles. The van der Waals surface area contributed by atoms with Gasteiger partial charge >= 0.3 is 0 Å². The molecule has 21 heavy (non-hydrogen) atoms. The molecule has 3 nitrogen and oxygen atoms in total. The second-order valence-corrected chi connectivity index (χ2v) is 5.82. The van der Waals surface area contributed by atoms with Crippen LogP contribution in [0.5, 0.6) is 5.75 Å². The van der Waals surface area contributed by atoms with Crippen molar-refractivity contribution in [2.24, 2.45) is 5.92 Å². The van der Waals surface area contributed by atoms with Crippen molar-refractivity contribution in [2.75, 3.05) is 26.4 Å². The van der Waals surface area contributed by atoms with Gasteiger partial charge in [0.25, 0.3) is 0 Å². The van der Waals surface area contributed by atoms with Gasteiger partial charge in [0.05, 0.1) is 19.3 Å². The summed E-state index contributed by atoms with van der Waals surface area (Å²) in [4.78, 5) is 0. The highest BCUT2D eigenvalue weighted by atomic mass is 16.5. The maximum atomic E-state index is 5.88. The second-order valence-electron chi connectivity index (χ2n) is 5.82. The third kappa shape index (κ3) is 6.06. The molecule has 0 aromatic heterocycles. The molecule has 1 unspecified atom stereocenters. The van der Waals surface area contributed by atoms with E-state index >= 15 is 0 Å². The molecule has 1 aliphatic carbocycles. The zero-order valence-corrected chi connectivity index (χ0v) is 13.4. The fraction of sp³-hybridized carbons (Fsp3) is 0.667. The summed E-state index contributed by atoms with van der Waals surface area (Å²) >= 11 is 0. The van der Waals surface area contributed by atoms with Crippen LogP contribution in [0, 0.1) is 5.92 Å². The molecule has 1 aromatic rings. The first-order valence-corrected chi connectivity index (χ1v) is 8.37. The molecular formula is C18H29NO2. The summed E-state index contributed by atoms with van der Waals surface area (Å²) < 4.78 is 11.4. The topological polar surface area (TPSA) is 30.5 Å². The summed E-state index contributed by atoms with van der Waals surface area (Å²) in [5.74, 6) is 1.88. The summed E-state index contributed by atoms with van der Waals surface area (Å²) in [6.45, 7) is 7.57. The summed E-state index contributed by atoms with van der Waals surface area (Å²) in [5.41, 5.74) is 1.28. The molecule has 0 spiro atoms. The molecule has 3 heteroatoms. The van der Waals surface area contributed by atoms with Crippen molar-refractivity contribution in [2.45, 2.75) is 45.6 Å². The Morgan fingerprint density at radius 1 is 1.19 bits per heavy atom. The maximum absolute atomic E-state index is 5.88. The molecule has 0 saturated heterocycles. The van der Waals surface area contributed by atoms with Gasteiger partial charge < -0.3 is 14.8 Å². The smallest absolute Gasteiger partial charge is 0.119 e. The number of benzene rings is 1. The van der Waals surface area contributed by atoms with Gasteiger partial charge in [-0.1, -0.05) is 31.9 Å². The zero-order valence-electron chi connectivity index (χ0n) is 13.4. The lowest BCUT2D eigenvalue weighted by atomic mass is 10.1. The van der Waals surface area contributed by atoms with Gasteiger partial charge in [0.2, 0.25) is 0 Å². The Balaban J connectivity index is 1.83. The Kier molecular flexibility index (Phi) is 7.04. The molecule has 1 saturated carbocycles. The average molecular weight is 291 g/mol. The molecule has 0 heterocycles. The number of hydrogen-bond acceptors (Lipinski definition) is 3. The van der Waals surface area contributed by atoms with Crippen LogP contribution in [0.3, 0.4) is 0 Å². The summed E-state index contributed by atoms with van der Waals surface area (Å²) in [7, 11) is 0. The van der Waals surface area contributed by atoms with E-state index in [4.69, 9.17) is 9.47 Å². The van der Waals surface area contributed by atoms with Crippen LogP contribution in [0.1, 0.15) is 51.1 Å². The van der Waals surface area contributed by atoms with Gasteiger partial charge in [-0.2, -0.15) is 0 Å². The second kappa shape index (κ2) is 9.06. The van der Waals surface area contributed by atoms with E-state index in [-0.39, 0.29) is 6.04 Å². The van der Waals surface area contributed by atoms with Gasteiger partial charge in [-0.05, 0) is 49.9 Å². The molecule has 0 aliphatic heterocycles. The molecular weight excluding hydrogens is 262 g/mol. The molecule has 1 aliphatic rings. The summed E-state index contributed by atoms with van der Waals surface area (Å²) in [6.07, 6.45) is 5.17. The minimum absolute atomic E-state index is 0.278. The molecule has 1 atom stereocenters. The molecule has 1 N–H and O–H groups in total. The molecule has 0 bridgehead atoms. The number of nitrogens with one attached hydrogen (secondary N) is 1. The van der Waals surface area contributed by atoms with E-state index in [1.54, 1.807) is 0 Å². The van der Waals surface area contributed by atoms with Crippen molar-refractivity contribution < 1.29 is 9.47 Å². The van der Waals surface area contributed by atoms with Crippen molar-refractivity contribution in [1.82, 2.24) is 5.32 Å². The van der Waals surface area contributed by atoms with E-state index in [0.717, 1.165) is 37.8 Å². The Hall–Kier alpha value is -1.06. The van der Waals surface area contributed by atoms with E-state index in [1.807, 2.05) is 19.1 Å². The van der Waals surface area contributed by atoms with E-state index in [1.165, 1.54) is 24.8 Å². The van der Waals surface area contributed by atoms with Crippen molar-refractivity contribution in [3.8, 4) is 5.75 Å². The Labute approximate surface area is 129 Å². The first-order valence-electron chi connectivity index (χ1n) is 8.37. The van der Waals surface area contributed by atoms with E-state index in [0.29, 0.717) is 6.61 Å². The molecule has 2 rings (SSSR count). The molecule has 0 radical (unpaired) electrons. The van der Waals surface area contributed by atoms with Crippen molar-refractivity contribution in [3.05, 3.63) is 29.8 Å². The van der Waals surface area contributed by atoms with Gasteiger partial charge in [0.15, 0.2) is 0 Å². The van der Waals surface area contributed by atoms with Gasteiger partial charge in [-0.25, -0.2) is 0 Å². The van der Waals surface area contributed by atoms with Gasteiger partial charge in [-0.3, -0.25) is 0 Å². The van der Waals surface area contributed by atoms with Crippen molar-refractivity contribution in [3.63, 3.8) is 0 Å². The Morgan fingerprint density at radius 2 is 1.95 bits per heavy atom. The SMILES string of the molecule is CCCNC(COCCC1CC1)c1ccc(OCC)cc1. The van der Waals surface area contributed by atoms with E-state index < -0.39 is 0 Å².